The van der Waals surface area contributed by atoms with Gasteiger partial charge in [-0.25, -0.2) is 0 Å². The number of rotatable bonds is 4. The number of ether oxygens (including phenoxy) is 1. The Hall–Kier alpha value is -1.02. The first-order chi connectivity index (χ1) is 7.06. The third kappa shape index (κ3) is 2.96. The zero-order chi connectivity index (χ0) is 11.4. The van der Waals surface area contributed by atoms with Gasteiger partial charge < -0.3 is 4.74 Å². The van der Waals surface area contributed by atoms with Crippen molar-refractivity contribution >= 4 is 17.9 Å². The number of hydrogen-bond donors (Lipinski definition) is 0. The van der Waals surface area contributed by atoms with Gasteiger partial charge in [-0.3, -0.25) is 4.79 Å². The molecule has 0 heterocycles. The molecule has 0 aliphatic carbocycles. The fourth-order valence-electron chi connectivity index (χ4n) is 1.39. The van der Waals surface area contributed by atoms with Crippen LogP contribution in [0, 0.1) is 6.92 Å². The standard InChI is InChI=1S/C12H15ClO2/c1-8(2)10-7-12(15-5-4-14)9(3)6-11(10)13/h4,6-8H,5H2,1-3H3. The molecule has 15 heavy (non-hydrogen) atoms. The van der Waals surface area contributed by atoms with Crippen molar-refractivity contribution in [3.63, 3.8) is 0 Å². The average molecular weight is 227 g/mol. The molecule has 0 saturated heterocycles. The quantitative estimate of drug-likeness (QED) is 0.736. The molecular formula is C12H15ClO2. The molecule has 0 aliphatic heterocycles. The summed E-state index contributed by atoms with van der Waals surface area (Å²) < 4.78 is 5.31. The molecule has 1 aromatic rings. The maximum absolute atomic E-state index is 10.2. The predicted octanol–water partition coefficient (Wildman–Crippen LogP) is 3.35. The number of hydrogen-bond acceptors (Lipinski definition) is 2. The van der Waals surface area contributed by atoms with Crippen LogP contribution in [0.1, 0.15) is 30.9 Å². The van der Waals surface area contributed by atoms with Gasteiger partial charge in [0.15, 0.2) is 6.29 Å². The maximum atomic E-state index is 10.2. The zero-order valence-electron chi connectivity index (χ0n) is 9.21. The van der Waals surface area contributed by atoms with Crippen LogP contribution in [0.15, 0.2) is 12.1 Å². The lowest BCUT2D eigenvalue weighted by molar-refractivity contribution is -0.109. The highest BCUT2D eigenvalue weighted by Crippen LogP contribution is 2.31. The van der Waals surface area contributed by atoms with Crippen LogP contribution in [0.3, 0.4) is 0 Å². The number of halogens is 1. The molecule has 3 heteroatoms. The van der Waals surface area contributed by atoms with Crippen molar-refractivity contribution in [2.45, 2.75) is 26.7 Å². The molecule has 82 valence electrons. The number of aldehydes is 1. The van der Waals surface area contributed by atoms with E-state index in [0.29, 0.717) is 5.92 Å². The Labute approximate surface area is 95.2 Å². The second kappa shape index (κ2) is 5.17. The van der Waals surface area contributed by atoms with Crippen LogP contribution in [-0.4, -0.2) is 12.9 Å². The van der Waals surface area contributed by atoms with E-state index in [1.807, 2.05) is 19.1 Å². The highest BCUT2D eigenvalue weighted by atomic mass is 35.5. The van der Waals surface area contributed by atoms with Crippen molar-refractivity contribution in [2.75, 3.05) is 6.61 Å². The number of carbonyl (C=O) groups is 1. The second-order valence-electron chi connectivity index (χ2n) is 3.77. The smallest absolute Gasteiger partial charge is 0.157 e. The van der Waals surface area contributed by atoms with Crippen LogP contribution in [0.2, 0.25) is 5.02 Å². The van der Waals surface area contributed by atoms with E-state index in [1.54, 1.807) is 0 Å². The summed E-state index contributed by atoms with van der Waals surface area (Å²) in [4.78, 5) is 10.2. The normalized spacial score (nSPS) is 10.5. The first-order valence-corrected chi connectivity index (χ1v) is 5.30. The Bertz CT molecular complexity index is 359. The van der Waals surface area contributed by atoms with Gasteiger partial charge in [0.1, 0.15) is 12.4 Å². The van der Waals surface area contributed by atoms with Crippen molar-refractivity contribution in [3.8, 4) is 5.75 Å². The Morgan fingerprint density at radius 3 is 2.67 bits per heavy atom. The largest absolute Gasteiger partial charge is 0.486 e. The van der Waals surface area contributed by atoms with Gasteiger partial charge in [-0.1, -0.05) is 25.4 Å². The summed E-state index contributed by atoms with van der Waals surface area (Å²) in [6.07, 6.45) is 0.739. The van der Waals surface area contributed by atoms with E-state index < -0.39 is 0 Å². The Kier molecular flexibility index (Phi) is 4.15. The molecular weight excluding hydrogens is 212 g/mol. The van der Waals surface area contributed by atoms with Crippen LogP contribution in [0.25, 0.3) is 0 Å². The fourth-order valence-corrected chi connectivity index (χ4v) is 1.83. The molecule has 0 spiro atoms. The van der Waals surface area contributed by atoms with Crippen molar-refractivity contribution in [1.29, 1.82) is 0 Å². The van der Waals surface area contributed by atoms with Gasteiger partial charge in [0.2, 0.25) is 0 Å². The summed E-state index contributed by atoms with van der Waals surface area (Å²) in [5, 5.41) is 0.751. The molecule has 0 unspecified atom stereocenters. The van der Waals surface area contributed by atoms with Gasteiger partial charge in [0, 0.05) is 5.02 Å². The maximum Gasteiger partial charge on any atom is 0.157 e. The highest BCUT2D eigenvalue weighted by Gasteiger charge is 2.09. The van der Waals surface area contributed by atoms with E-state index >= 15 is 0 Å². The predicted molar refractivity (Wildman–Crippen MR) is 61.8 cm³/mol. The van der Waals surface area contributed by atoms with Crippen molar-refractivity contribution < 1.29 is 9.53 Å². The third-order valence-corrected chi connectivity index (χ3v) is 2.55. The molecule has 0 atom stereocenters. The Balaban J connectivity index is 3.05. The Morgan fingerprint density at radius 1 is 1.47 bits per heavy atom. The van der Waals surface area contributed by atoms with E-state index in [-0.39, 0.29) is 6.61 Å². The molecule has 0 bridgehead atoms. The number of carbonyl (C=O) groups excluding carboxylic acids is 1. The van der Waals surface area contributed by atoms with Gasteiger partial charge in [0.25, 0.3) is 0 Å². The second-order valence-corrected chi connectivity index (χ2v) is 4.18. The first-order valence-electron chi connectivity index (χ1n) is 4.92. The number of benzene rings is 1. The Morgan fingerprint density at radius 2 is 2.13 bits per heavy atom. The van der Waals surface area contributed by atoms with E-state index in [4.69, 9.17) is 16.3 Å². The van der Waals surface area contributed by atoms with Crippen LogP contribution < -0.4 is 4.74 Å². The lowest BCUT2D eigenvalue weighted by Crippen LogP contribution is -2.01. The van der Waals surface area contributed by atoms with Crippen LogP contribution in [-0.2, 0) is 4.79 Å². The summed E-state index contributed by atoms with van der Waals surface area (Å²) in [5.74, 6) is 1.08. The molecule has 0 fully saturated rings. The molecule has 0 radical (unpaired) electrons. The van der Waals surface area contributed by atoms with Crippen molar-refractivity contribution in [1.82, 2.24) is 0 Å². The van der Waals surface area contributed by atoms with Gasteiger partial charge >= 0.3 is 0 Å². The zero-order valence-corrected chi connectivity index (χ0v) is 9.97. The molecule has 0 amide bonds. The first kappa shape index (κ1) is 12.1. The van der Waals surface area contributed by atoms with E-state index in [2.05, 4.69) is 13.8 Å². The fraction of sp³-hybridized carbons (Fsp3) is 0.417. The monoisotopic (exact) mass is 226 g/mol. The van der Waals surface area contributed by atoms with Crippen molar-refractivity contribution in [2.24, 2.45) is 0 Å². The van der Waals surface area contributed by atoms with Crippen LogP contribution in [0.5, 0.6) is 5.75 Å². The molecule has 1 aromatic carbocycles. The van der Waals surface area contributed by atoms with Crippen molar-refractivity contribution in [3.05, 3.63) is 28.3 Å². The summed E-state index contributed by atoms with van der Waals surface area (Å²) in [5.41, 5.74) is 1.99. The lowest BCUT2D eigenvalue weighted by atomic mass is 10.0. The summed E-state index contributed by atoms with van der Waals surface area (Å²) in [6.45, 7) is 6.14. The third-order valence-electron chi connectivity index (χ3n) is 2.22. The summed E-state index contributed by atoms with van der Waals surface area (Å²) in [7, 11) is 0. The molecule has 2 nitrogen and oxygen atoms in total. The molecule has 1 rings (SSSR count). The van der Waals surface area contributed by atoms with E-state index in [1.165, 1.54) is 0 Å². The van der Waals surface area contributed by atoms with Gasteiger partial charge in [-0.2, -0.15) is 0 Å². The molecule has 0 saturated carbocycles. The minimum Gasteiger partial charge on any atom is -0.486 e. The SMILES string of the molecule is Cc1cc(Cl)c(C(C)C)cc1OCC=O. The number of aryl methyl sites for hydroxylation is 1. The van der Waals surface area contributed by atoms with Gasteiger partial charge in [-0.05, 0) is 36.1 Å². The van der Waals surface area contributed by atoms with E-state index in [9.17, 15) is 4.79 Å². The summed E-state index contributed by atoms with van der Waals surface area (Å²) >= 11 is 6.11. The van der Waals surface area contributed by atoms with Gasteiger partial charge in [0.05, 0.1) is 0 Å². The molecule has 0 aliphatic rings. The van der Waals surface area contributed by atoms with E-state index in [0.717, 1.165) is 28.2 Å². The lowest BCUT2D eigenvalue weighted by Gasteiger charge is -2.13. The molecule has 0 aromatic heterocycles. The topological polar surface area (TPSA) is 26.3 Å². The average Bonchev–Trinajstić information content (AvgIpc) is 2.16. The summed E-state index contributed by atoms with van der Waals surface area (Å²) in [6, 6.07) is 3.78. The molecule has 0 N–H and O–H groups in total. The highest BCUT2D eigenvalue weighted by molar-refractivity contribution is 6.31. The van der Waals surface area contributed by atoms with Crippen LogP contribution >= 0.6 is 11.6 Å². The minimum absolute atomic E-state index is 0.0833. The van der Waals surface area contributed by atoms with Gasteiger partial charge in [-0.15, -0.1) is 0 Å². The minimum atomic E-state index is 0.0833. The van der Waals surface area contributed by atoms with Crippen LogP contribution in [0.4, 0.5) is 0 Å².